The van der Waals surface area contributed by atoms with E-state index in [1.54, 1.807) is 0 Å². The molecule has 0 aromatic heterocycles. The maximum absolute atomic E-state index is 6.02. The van der Waals surface area contributed by atoms with Crippen molar-refractivity contribution in [2.24, 2.45) is 5.73 Å². The van der Waals surface area contributed by atoms with E-state index in [0.717, 1.165) is 39.3 Å². The van der Waals surface area contributed by atoms with E-state index >= 15 is 0 Å². The van der Waals surface area contributed by atoms with Gasteiger partial charge >= 0.3 is 0 Å². The molecule has 4 heteroatoms. The van der Waals surface area contributed by atoms with E-state index in [9.17, 15) is 0 Å². The molecule has 0 aromatic rings. The lowest BCUT2D eigenvalue weighted by atomic mass is 9.93. The first kappa shape index (κ1) is 11.7. The van der Waals surface area contributed by atoms with Crippen molar-refractivity contribution in [2.45, 2.75) is 24.8 Å². The van der Waals surface area contributed by atoms with Crippen LogP contribution in [0.2, 0.25) is 0 Å². The van der Waals surface area contributed by atoms with Gasteiger partial charge in [-0.15, -0.1) is 0 Å². The van der Waals surface area contributed by atoms with Gasteiger partial charge in [-0.2, -0.15) is 11.8 Å². The third-order valence-electron chi connectivity index (χ3n) is 3.57. The van der Waals surface area contributed by atoms with Crippen LogP contribution in [0, 0.1) is 0 Å². The Morgan fingerprint density at radius 2 is 2.20 bits per heavy atom. The van der Waals surface area contributed by atoms with Gasteiger partial charge in [-0.05, 0) is 25.0 Å². The van der Waals surface area contributed by atoms with Crippen molar-refractivity contribution in [3.05, 3.63) is 0 Å². The summed E-state index contributed by atoms with van der Waals surface area (Å²) in [4.78, 5) is 2.59. The van der Waals surface area contributed by atoms with Gasteiger partial charge in [0.25, 0.3) is 0 Å². The average Bonchev–Trinajstić information content (AvgIpc) is 2.59. The molecule has 2 heterocycles. The van der Waals surface area contributed by atoms with E-state index in [4.69, 9.17) is 10.5 Å². The SMILES string of the molecule is NCC1(N2CCCOCC2)CCCSC1. The predicted octanol–water partition coefficient (Wildman–Crippen LogP) is 0.933. The summed E-state index contributed by atoms with van der Waals surface area (Å²) in [6.45, 7) is 4.84. The lowest BCUT2D eigenvalue weighted by Gasteiger charge is -2.45. The van der Waals surface area contributed by atoms with Crippen LogP contribution in [0.1, 0.15) is 19.3 Å². The molecule has 2 aliphatic heterocycles. The zero-order chi connectivity index (χ0) is 10.6. The molecular formula is C11H22N2OS. The molecule has 15 heavy (non-hydrogen) atoms. The van der Waals surface area contributed by atoms with Crippen LogP contribution >= 0.6 is 11.8 Å². The molecule has 0 bridgehead atoms. The Morgan fingerprint density at radius 3 is 2.93 bits per heavy atom. The summed E-state index contributed by atoms with van der Waals surface area (Å²) in [6, 6.07) is 0. The molecule has 2 saturated heterocycles. The van der Waals surface area contributed by atoms with E-state index in [0.29, 0.717) is 0 Å². The van der Waals surface area contributed by atoms with Gasteiger partial charge in [0.05, 0.1) is 6.61 Å². The van der Waals surface area contributed by atoms with Gasteiger partial charge < -0.3 is 10.5 Å². The van der Waals surface area contributed by atoms with Crippen LogP contribution in [0.3, 0.4) is 0 Å². The highest BCUT2D eigenvalue weighted by Gasteiger charge is 2.37. The highest BCUT2D eigenvalue weighted by atomic mass is 32.2. The molecule has 2 N–H and O–H groups in total. The molecule has 2 aliphatic rings. The first-order valence-corrected chi connectivity index (χ1v) is 7.13. The van der Waals surface area contributed by atoms with Crippen LogP contribution in [0.5, 0.6) is 0 Å². The third kappa shape index (κ3) is 2.67. The highest BCUT2D eigenvalue weighted by molar-refractivity contribution is 7.99. The van der Waals surface area contributed by atoms with E-state index in [2.05, 4.69) is 16.7 Å². The van der Waals surface area contributed by atoms with Crippen molar-refractivity contribution >= 4 is 11.8 Å². The van der Waals surface area contributed by atoms with Crippen LogP contribution < -0.4 is 5.73 Å². The Labute approximate surface area is 96.7 Å². The largest absolute Gasteiger partial charge is 0.380 e. The lowest BCUT2D eigenvalue weighted by Crippen LogP contribution is -2.57. The highest BCUT2D eigenvalue weighted by Crippen LogP contribution is 2.31. The van der Waals surface area contributed by atoms with Crippen molar-refractivity contribution in [1.29, 1.82) is 0 Å². The standard InChI is InChI=1S/C11H22N2OS/c12-9-11(3-1-8-15-10-11)13-4-2-6-14-7-5-13/h1-10,12H2. The molecule has 0 spiro atoms. The number of thioether (sulfide) groups is 1. The van der Waals surface area contributed by atoms with Gasteiger partial charge in [-0.1, -0.05) is 0 Å². The minimum absolute atomic E-state index is 0.274. The van der Waals surface area contributed by atoms with Crippen LogP contribution in [0.4, 0.5) is 0 Å². The van der Waals surface area contributed by atoms with Gasteiger partial charge in [-0.3, -0.25) is 4.90 Å². The Hall–Kier alpha value is 0.230. The fourth-order valence-corrected chi connectivity index (χ4v) is 3.92. The molecule has 88 valence electrons. The van der Waals surface area contributed by atoms with Crippen LogP contribution in [0.15, 0.2) is 0 Å². The number of nitrogens with two attached hydrogens (primary N) is 1. The molecule has 3 nitrogen and oxygen atoms in total. The molecule has 0 saturated carbocycles. The smallest absolute Gasteiger partial charge is 0.0593 e. The molecule has 2 fully saturated rings. The molecule has 2 rings (SSSR count). The number of nitrogens with zero attached hydrogens (tertiary/aromatic N) is 1. The quantitative estimate of drug-likeness (QED) is 0.766. The number of hydrogen-bond acceptors (Lipinski definition) is 4. The summed E-state index contributed by atoms with van der Waals surface area (Å²) >= 11 is 2.06. The van der Waals surface area contributed by atoms with Gasteiger partial charge in [-0.25, -0.2) is 0 Å². The van der Waals surface area contributed by atoms with Crippen molar-refractivity contribution in [2.75, 3.05) is 44.4 Å². The topological polar surface area (TPSA) is 38.5 Å². The first-order chi connectivity index (χ1) is 7.37. The maximum Gasteiger partial charge on any atom is 0.0593 e. The summed E-state index contributed by atoms with van der Waals surface area (Å²) in [5.74, 6) is 2.52. The van der Waals surface area contributed by atoms with E-state index in [1.807, 2.05) is 0 Å². The van der Waals surface area contributed by atoms with Crippen LogP contribution in [-0.4, -0.2) is 54.8 Å². The average molecular weight is 230 g/mol. The fourth-order valence-electron chi connectivity index (χ4n) is 2.60. The Balaban J connectivity index is 2.01. The Kier molecular flexibility index (Phi) is 4.31. The molecule has 0 amide bonds. The van der Waals surface area contributed by atoms with Crippen molar-refractivity contribution in [1.82, 2.24) is 4.90 Å². The van der Waals surface area contributed by atoms with Gasteiger partial charge in [0.15, 0.2) is 0 Å². The van der Waals surface area contributed by atoms with Gasteiger partial charge in [0, 0.05) is 37.5 Å². The monoisotopic (exact) mass is 230 g/mol. The van der Waals surface area contributed by atoms with E-state index < -0.39 is 0 Å². The summed E-state index contributed by atoms with van der Waals surface area (Å²) in [5, 5.41) is 0. The lowest BCUT2D eigenvalue weighted by molar-refractivity contribution is 0.0889. The van der Waals surface area contributed by atoms with Gasteiger partial charge in [0.1, 0.15) is 0 Å². The molecule has 1 unspecified atom stereocenters. The predicted molar refractivity (Wildman–Crippen MR) is 65.4 cm³/mol. The zero-order valence-electron chi connectivity index (χ0n) is 9.41. The maximum atomic E-state index is 6.02. The third-order valence-corrected chi connectivity index (χ3v) is 4.89. The summed E-state index contributed by atoms with van der Waals surface area (Å²) in [6.07, 6.45) is 3.75. The fraction of sp³-hybridized carbons (Fsp3) is 1.00. The normalized spacial score (nSPS) is 35.0. The zero-order valence-corrected chi connectivity index (χ0v) is 10.2. The Bertz CT molecular complexity index is 187. The number of hydrogen-bond donors (Lipinski definition) is 1. The van der Waals surface area contributed by atoms with Crippen molar-refractivity contribution in [3.8, 4) is 0 Å². The molecule has 0 radical (unpaired) electrons. The minimum atomic E-state index is 0.274. The Morgan fingerprint density at radius 1 is 1.27 bits per heavy atom. The van der Waals surface area contributed by atoms with Crippen LogP contribution in [0.25, 0.3) is 0 Å². The second kappa shape index (κ2) is 5.53. The molecule has 0 aliphatic carbocycles. The first-order valence-electron chi connectivity index (χ1n) is 5.98. The van der Waals surface area contributed by atoms with E-state index in [-0.39, 0.29) is 5.54 Å². The van der Waals surface area contributed by atoms with Crippen molar-refractivity contribution < 1.29 is 4.74 Å². The number of ether oxygens (including phenoxy) is 1. The summed E-state index contributed by atoms with van der Waals surface area (Å²) in [5.41, 5.74) is 6.30. The van der Waals surface area contributed by atoms with Crippen LogP contribution in [-0.2, 0) is 4.74 Å². The second-order valence-corrected chi connectivity index (χ2v) is 5.64. The van der Waals surface area contributed by atoms with Crippen molar-refractivity contribution in [3.63, 3.8) is 0 Å². The molecule has 0 aromatic carbocycles. The molecule has 1 atom stereocenters. The van der Waals surface area contributed by atoms with Gasteiger partial charge in [0.2, 0.25) is 0 Å². The minimum Gasteiger partial charge on any atom is -0.380 e. The second-order valence-electron chi connectivity index (χ2n) is 4.54. The summed E-state index contributed by atoms with van der Waals surface area (Å²) < 4.78 is 5.52. The number of rotatable bonds is 2. The summed E-state index contributed by atoms with van der Waals surface area (Å²) in [7, 11) is 0. The molecular weight excluding hydrogens is 208 g/mol. The van der Waals surface area contributed by atoms with E-state index in [1.165, 1.54) is 24.3 Å².